The summed E-state index contributed by atoms with van der Waals surface area (Å²) in [5.41, 5.74) is 5.99. The Bertz CT molecular complexity index is 1080. The van der Waals surface area contributed by atoms with Gasteiger partial charge in [0.15, 0.2) is 5.82 Å². The lowest BCUT2D eigenvalue weighted by Gasteiger charge is -2.40. The first-order chi connectivity index (χ1) is 15.7. The zero-order chi connectivity index (χ0) is 24.1. The summed E-state index contributed by atoms with van der Waals surface area (Å²) in [5.74, 6) is -2.67. The number of rotatable bonds is 7. The van der Waals surface area contributed by atoms with Gasteiger partial charge >= 0.3 is 12.1 Å². The average molecular weight is 458 g/mol. The van der Waals surface area contributed by atoms with Crippen molar-refractivity contribution in [2.75, 3.05) is 18.5 Å². The molecule has 1 aromatic carbocycles. The number of primary amides is 1. The largest absolute Gasteiger partial charge is 0.466 e. The Morgan fingerprint density at radius 2 is 2.06 bits per heavy atom. The van der Waals surface area contributed by atoms with Crippen molar-refractivity contribution in [3.8, 4) is 6.07 Å². The van der Waals surface area contributed by atoms with Crippen LogP contribution in [0.1, 0.15) is 36.2 Å². The van der Waals surface area contributed by atoms with Gasteiger partial charge in [-0.2, -0.15) is 10.4 Å². The van der Waals surface area contributed by atoms with Gasteiger partial charge in [-0.25, -0.2) is 9.18 Å². The van der Waals surface area contributed by atoms with Gasteiger partial charge in [-0.15, -0.1) is 0 Å². The Morgan fingerprint density at radius 1 is 1.36 bits per heavy atom. The number of halogens is 1. The maximum atomic E-state index is 13.2. The summed E-state index contributed by atoms with van der Waals surface area (Å²) >= 11 is 0. The molecule has 174 valence electrons. The van der Waals surface area contributed by atoms with Crippen LogP contribution in [-0.2, 0) is 9.53 Å². The number of carboxylic acid groups (broad SMARTS) is 1. The van der Waals surface area contributed by atoms with Gasteiger partial charge in [0.05, 0.1) is 37.1 Å². The van der Waals surface area contributed by atoms with Crippen molar-refractivity contribution < 1.29 is 28.6 Å². The van der Waals surface area contributed by atoms with Crippen LogP contribution in [0, 0.1) is 23.1 Å². The number of piperidine rings is 1. The number of carbonyl (C=O) groups is 3. The van der Waals surface area contributed by atoms with E-state index in [1.54, 1.807) is 6.92 Å². The first-order valence-electron chi connectivity index (χ1n) is 10.2. The number of benzene rings is 1. The van der Waals surface area contributed by atoms with Crippen molar-refractivity contribution in [2.45, 2.75) is 31.8 Å². The van der Waals surface area contributed by atoms with Crippen molar-refractivity contribution in [3.63, 3.8) is 0 Å². The molecule has 12 heteroatoms. The molecular weight excluding hydrogens is 435 g/mol. The molecule has 3 atom stereocenters. The number of nitrogens with one attached hydrogen (secondary N) is 1. The van der Waals surface area contributed by atoms with Crippen molar-refractivity contribution in [3.05, 3.63) is 41.8 Å². The molecule has 2 amide bonds. The standard InChI is InChI=1S/C21H23FN6O5/c1-2-33-18(29)9-17-14(10-23)16(7-8-27(17)21(31)32)28-11-15(19(24)30)20(26-28)25-13-5-3-12(22)4-6-13/h3-6,11,14,16-17H,2,7-9H2,1H3,(H2,24,30)(H,25,26)(H,31,32)/t14-,16+,17?/m1/s1. The van der Waals surface area contributed by atoms with E-state index in [9.17, 15) is 29.1 Å². The Morgan fingerprint density at radius 3 is 2.64 bits per heavy atom. The highest BCUT2D eigenvalue weighted by molar-refractivity contribution is 5.98. The minimum atomic E-state index is -1.25. The average Bonchev–Trinajstić information content (AvgIpc) is 3.19. The van der Waals surface area contributed by atoms with Gasteiger partial charge < -0.3 is 25.8 Å². The molecule has 0 spiro atoms. The van der Waals surface area contributed by atoms with E-state index < -0.39 is 41.8 Å². The van der Waals surface area contributed by atoms with Gasteiger partial charge in [0.1, 0.15) is 11.4 Å². The summed E-state index contributed by atoms with van der Waals surface area (Å²) < 4.78 is 19.5. The molecule has 1 aromatic heterocycles. The quantitative estimate of drug-likeness (QED) is 0.532. The lowest BCUT2D eigenvalue weighted by atomic mass is 9.84. The van der Waals surface area contributed by atoms with E-state index in [1.807, 2.05) is 0 Å². The highest BCUT2D eigenvalue weighted by Crippen LogP contribution is 2.35. The number of carbonyl (C=O) groups excluding carboxylic acids is 2. The van der Waals surface area contributed by atoms with Crippen molar-refractivity contribution >= 4 is 29.5 Å². The Kier molecular flexibility index (Phi) is 7.12. The summed E-state index contributed by atoms with van der Waals surface area (Å²) in [4.78, 5) is 36.9. The molecule has 0 radical (unpaired) electrons. The maximum Gasteiger partial charge on any atom is 0.407 e. The van der Waals surface area contributed by atoms with E-state index in [2.05, 4.69) is 16.5 Å². The SMILES string of the molecule is CCOC(=O)CC1[C@H](C#N)[C@@H](n2cc(C(N)=O)c(Nc3ccc(F)cc3)n2)CCN1C(=O)O. The molecule has 3 rings (SSSR count). The van der Waals surface area contributed by atoms with E-state index in [1.165, 1.54) is 35.1 Å². The minimum Gasteiger partial charge on any atom is -0.466 e. The van der Waals surface area contributed by atoms with Crippen LogP contribution in [0.25, 0.3) is 0 Å². The topological polar surface area (TPSA) is 164 Å². The Balaban J connectivity index is 1.94. The van der Waals surface area contributed by atoms with Crippen LogP contribution in [0.4, 0.5) is 20.7 Å². The number of esters is 1. The molecule has 1 saturated heterocycles. The van der Waals surface area contributed by atoms with E-state index >= 15 is 0 Å². The second-order valence-electron chi connectivity index (χ2n) is 7.43. The van der Waals surface area contributed by atoms with E-state index in [-0.39, 0.29) is 37.4 Å². The smallest absolute Gasteiger partial charge is 0.407 e. The van der Waals surface area contributed by atoms with Gasteiger partial charge in [-0.3, -0.25) is 14.3 Å². The van der Waals surface area contributed by atoms with Gasteiger partial charge in [0, 0.05) is 18.4 Å². The highest BCUT2D eigenvalue weighted by Gasteiger charge is 2.43. The number of nitrogens with two attached hydrogens (primary N) is 1. The first kappa shape index (κ1) is 23.5. The van der Waals surface area contributed by atoms with Gasteiger partial charge in [-0.05, 0) is 37.6 Å². The third-order valence-electron chi connectivity index (χ3n) is 5.42. The molecule has 1 fully saturated rings. The second-order valence-corrected chi connectivity index (χ2v) is 7.43. The number of amides is 2. The van der Waals surface area contributed by atoms with Crippen LogP contribution < -0.4 is 11.1 Å². The van der Waals surface area contributed by atoms with Crippen LogP contribution in [0.2, 0.25) is 0 Å². The molecule has 11 nitrogen and oxygen atoms in total. The highest BCUT2D eigenvalue weighted by atomic mass is 19.1. The number of likely N-dealkylation sites (tertiary alicyclic amines) is 1. The van der Waals surface area contributed by atoms with Crippen LogP contribution in [0.3, 0.4) is 0 Å². The predicted octanol–water partition coefficient (Wildman–Crippen LogP) is 2.25. The third-order valence-corrected chi connectivity index (χ3v) is 5.42. The molecule has 2 aromatic rings. The normalized spacial score (nSPS) is 20.0. The zero-order valence-electron chi connectivity index (χ0n) is 17.8. The number of hydrogen-bond acceptors (Lipinski definition) is 7. The van der Waals surface area contributed by atoms with Gasteiger partial charge in [-0.1, -0.05) is 0 Å². The molecule has 4 N–H and O–H groups in total. The van der Waals surface area contributed by atoms with Crippen LogP contribution in [-0.4, -0.2) is 57.0 Å². The minimum absolute atomic E-state index is 0.0404. The fourth-order valence-corrected chi connectivity index (χ4v) is 3.91. The van der Waals surface area contributed by atoms with Crippen molar-refractivity contribution in [2.24, 2.45) is 11.7 Å². The predicted molar refractivity (Wildman–Crippen MR) is 113 cm³/mol. The number of nitriles is 1. The second kappa shape index (κ2) is 9.99. The molecular formula is C21H23FN6O5. The molecule has 0 saturated carbocycles. The van der Waals surface area contributed by atoms with Crippen LogP contribution in [0.15, 0.2) is 30.5 Å². The summed E-state index contributed by atoms with van der Waals surface area (Å²) in [5, 5.41) is 26.7. The van der Waals surface area contributed by atoms with Crippen molar-refractivity contribution in [1.82, 2.24) is 14.7 Å². The molecule has 0 aliphatic carbocycles. The fourth-order valence-electron chi connectivity index (χ4n) is 3.91. The number of hydrogen-bond donors (Lipinski definition) is 3. The lowest BCUT2D eigenvalue weighted by Crippen LogP contribution is -2.52. The fraction of sp³-hybridized carbons (Fsp3) is 0.381. The lowest BCUT2D eigenvalue weighted by molar-refractivity contribution is -0.145. The van der Waals surface area contributed by atoms with E-state index in [4.69, 9.17) is 10.5 Å². The Labute approximate surface area is 188 Å². The summed E-state index contributed by atoms with van der Waals surface area (Å²) in [6, 6.07) is 5.88. The number of aromatic nitrogens is 2. The monoisotopic (exact) mass is 458 g/mol. The first-order valence-corrected chi connectivity index (χ1v) is 10.2. The number of nitrogens with zero attached hydrogens (tertiary/aromatic N) is 4. The number of ether oxygens (including phenoxy) is 1. The van der Waals surface area contributed by atoms with Crippen molar-refractivity contribution in [1.29, 1.82) is 5.26 Å². The molecule has 33 heavy (non-hydrogen) atoms. The molecule has 1 aliphatic heterocycles. The van der Waals surface area contributed by atoms with Gasteiger partial charge in [0.25, 0.3) is 5.91 Å². The summed E-state index contributed by atoms with van der Waals surface area (Å²) in [6.45, 7) is 1.80. The van der Waals surface area contributed by atoms with E-state index in [0.717, 1.165) is 4.90 Å². The van der Waals surface area contributed by atoms with Crippen LogP contribution >= 0.6 is 0 Å². The van der Waals surface area contributed by atoms with E-state index in [0.29, 0.717) is 5.69 Å². The van der Waals surface area contributed by atoms with Gasteiger partial charge in [0.2, 0.25) is 0 Å². The summed E-state index contributed by atoms with van der Waals surface area (Å²) in [7, 11) is 0. The maximum absolute atomic E-state index is 13.2. The molecule has 2 heterocycles. The molecule has 1 unspecified atom stereocenters. The van der Waals surface area contributed by atoms with Crippen LogP contribution in [0.5, 0.6) is 0 Å². The number of anilines is 2. The molecule has 0 bridgehead atoms. The zero-order valence-corrected chi connectivity index (χ0v) is 17.8. The summed E-state index contributed by atoms with van der Waals surface area (Å²) in [6.07, 6.45) is 0.0558. The third kappa shape index (κ3) is 5.20. The molecule has 1 aliphatic rings. The Hall–Kier alpha value is -4.14.